The standard InChI is InChI=1S/C16H16N6O/c1-16(3-4-16)22-14-13-10(2-5-19-15(13)23)8-11(21-14)20-12-9-17-6-7-18-12/h2,5-9,13H,3-4H2,1H3,(H,19,23)(H,18,20,21,22). The van der Waals surface area contributed by atoms with Gasteiger partial charge in [-0.2, -0.15) is 0 Å². The predicted molar refractivity (Wildman–Crippen MR) is 86.2 cm³/mol. The minimum Gasteiger partial charge on any atom is -0.332 e. The molecule has 1 fully saturated rings. The van der Waals surface area contributed by atoms with Crippen LogP contribution in [0, 0.1) is 5.92 Å². The molecular formula is C16H16N6O. The molecule has 0 saturated heterocycles. The van der Waals surface area contributed by atoms with Crippen molar-refractivity contribution in [3.63, 3.8) is 0 Å². The zero-order chi connectivity index (χ0) is 15.9. The molecule has 2 N–H and O–H groups in total. The van der Waals surface area contributed by atoms with Crippen LogP contribution in [0.25, 0.3) is 0 Å². The van der Waals surface area contributed by atoms with Crippen LogP contribution in [-0.4, -0.2) is 33.1 Å². The van der Waals surface area contributed by atoms with Crippen LogP contribution < -0.4 is 10.6 Å². The van der Waals surface area contributed by atoms with E-state index in [-0.39, 0.29) is 11.4 Å². The molecule has 0 aromatic carbocycles. The summed E-state index contributed by atoms with van der Waals surface area (Å²) in [5.41, 5.74) is 0.808. The first-order valence-electron chi connectivity index (χ1n) is 7.53. The van der Waals surface area contributed by atoms with Gasteiger partial charge in [0.25, 0.3) is 0 Å². The lowest BCUT2D eigenvalue weighted by Gasteiger charge is -2.28. The van der Waals surface area contributed by atoms with Crippen LogP contribution in [0.15, 0.2) is 52.5 Å². The van der Waals surface area contributed by atoms with E-state index in [1.54, 1.807) is 24.8 Å². The van der Waals surface area contributed by atoms with Crippen molar-refractivity contribution in [2.75, 3.05) is 0 Å². The second kappa shape index (κ2) is 5.12. The summed E-state index contributed by atoms with van der Waals surface area (Å²) in [5.74, 6) is 1.28. The quantitative estimate of drug-likeness (QED) is 0.860. The zero-order valence-electron chi connectivity index (χ0n) is 12.7. The lowest BCUT2D eigenvalue weighted by atomic mass is 9.91. The van der Waals surface area contributed by atoms with Gasteiger partial charge in [-0.25, -0.2) is 9.98 Å². The Labute approximate surface area is 133 Å². The average Bonchev–Trinajstić information content (AvgIpc) is 3.25. The van der Waals surface area contributed by atoms with Crippen molar-refractivity contribution in [1.82, 2.24) is 20.6 Å². The second-order valence-corrected chi connectivity index (χ2v) is 6.10. The van der Waals surface area contributed by atoms with E-state index in [1.807, 2.05) is 12.2 Å². The Balaban J connectivity index is 1.76. The molecule has 2 aliphatic heterocycles. The number of allylic oxidation sites excluding steroid dienone is 1. The fourth-order valence-electron chi connectivity index (χ4n) is 2.57. The highest BCUT2D eigenvalue weighted by Gasteiger charge is 2.41. The number of nitrogens with one attached hydrogen (secondary N) is 2. The van der Waals surface area contributed by atoms with Gasteiger partial charge in [-0.05, 0) is 37.5 Å². The summed E-state index contributed by atoms with van der Waals surface area (Å²) in [5, 5.41) is 5.93. The third-order valence-electron chi connectivity index (χ3n) is 4.08. The van der Waals surface area contributed by atoms with Gasteiger partial charge in [-0.3, -0.25) is 14.8 Å². The average molecular weight is 308 g/mol. The summed E-state index contributed by atoms with van der Waals surface area (Å²) in [4.78, 5) is 29.6. The maximum absolute atomic E-state index is 12.2. The van der Waals surface area contributed by atoms with Crippen LogP contribution in [0.5, 0.6) is 0 Å². The molecule has 1 saturated carbocycles. The van der Waals surface area contributed by atoms with Crippen LogP contribution in [0.1, 0.15) is 19.8 Å². The van der Waals surface area contributed by atoms with E-state index in [0.717, 1.165) is 18.4 Å². The molecule has 3 heterocycles. The van der Waals surface area contributed by atoms with Crippen molar-refractivity contribution in [2.45, 2.75) is 25.3 Å². The molecule has 7 heteroatoms. The van der Waals surface area contributed by atoms with Crippen molar-refractivity contribution in [1.29, 1.82) is 0 Å². The normalized spacial score (nSPS) is 28.0. The van der Waals surface area contributed by atoms with E-state index in [4.69, 9.17) is 4.99 Å². The lowest BCUT2D eigenvalue weighted by Crippen LogP contribution is -2.48. The number of carbonyl (C=O) groups is 1. The number of aromatic nitrogens is 2. The van der Waals surface area contributed by atoms with E-state index >= 15 is 0 Å². The highest BCUT2D eigenvalue weighted by atomic mass is 16.1. The van der Waals surface area contributed by atoms with Gasteiger partial charge in [0.1, 0.15) is 17.6 Å². The Morgan fingerprint density at radius 1 is 1.35 bits per heavy atom. The number of aliphatic imine (C=N–C) groups is 2. The van der Waals surface area contributed by atoms with Crippen LogP contribution in [-0.2, 0) is 4.79 Å². The molecule has 1 amide bonds. The van der Waals surface area contributed by atoms with Crippen molar-refractivity contribution < 1.29 is 4.79 Å². The van der Waals surface area contributed by atoms with Crippen LogP contribution in [0.3, 0.4) is 0 Å². The van der Waals surface area contributed by atoms with Crippen LogP contribution in [0.4, 0.5) is 5.82 Å². The minimum absolute atomic E-state index is 0.0656. The molecule has 1 aromatic heterocycles. The molecular weight excluding hydrogens is 292 g/mol. The number of hydrogen-bond donors (Lipinski definition) is 2. The number of rotatable bonds is 2. The first kappa shape index (κ1) is 13.8. The largest absolute Gasteiger partial charge is 0.332 e. The smallest absolute Gasteiger partial charge is 0.239 e. The highest BCUT2D eigenvalue weighted by molar-refractivity contribution is 6.19. The molecule has 0 bridgehead atoms. The molecule has 1 aliphatic carbocycles. The highest BCUT2D eigenvalue weighted by Crippen LogP contribution is 2.40. The summed E-state index contributed by atoms with van der Waals surface area (Å²) in [6.07, 6.45) is 12.2. The van der Waals surface area contributed by atoms with Crippen LogP contribution in [0.2, 0.25) is 0 Å². The molecule has 7 nitrogen and oxygen atoms in total. The summed E-state index contributed by atoms with van der Waals surface area (Å²) in [7, 11) is 0. The Morgan fingerprint density at radius 3 is 2.96 bits per heavy atom. The van der Waals surface area contributed by atoms with E-state index in [2.05, 4.69) is 32.5 Å². The van der Waals surface area contributed by atoms with Crippen LogP contribution >= 0.6 is 0 Å². The van der Waals surface area contributed by atoms with Gasteiger partial charge in [0, 0.05) is 18.6 Å². The third-order valence-corrected chi connectivity index (χ3v) is 4.08. The third kappa shape index (κ3) is 2.77. The fourth-order valence-corrected chi connectivity index (χ4v) is 2.57. The lowest BCUT2D eigenvalue weighted by molar-refractivity contribution is -0.121. The van der Waals surface area contributed by atoms with E-state index in [9.17, 15) is 4.79 Å². The van der Waals surface area contributed by atoms with Crippen molar-refractivity contribution in [3.8, 4) is 0 Å². The van der Waals surface area contributed by atoms with Gasteiger partial charge in [0.05, 0.1) is 11.7 Å². The Bertz CT molecular complexity index is 773. The van der Waals surface area contributed by atoms with E-state index in [1.165, 1.54) is 0 Å². The summed E-state index contributed by atoms with van der Waals surface area (Å²) < 4.78 is 0. The summed E-state index contributed by atoms with van der Waals surface area (Å²) in [6.45, 7) is 2.09. The molecule has 3 aliphatic rings. The van der Waals surface area contributed by atoms with Crippen molar-refractivity contribution in [2.24, 2.45) is 15.9 Å². The Kier molecular flexibility index (Phi) is 3.07. The fraction of sp³-hybridized carbons (Fsp3) is 0.312. The number of hydrogen-bond acceptors (Lipinski definition) is 5. The molecule has 0 spiro atoms. The number of nitrogens with zero attached hydrogens (tertiary/aromatic N) is 4. The van der Waals surface area contributed by atoms with E-state index in [0.29, 0.717) is 17.5 Å². The maximum atomic E-state index is 12.2. The van der Waals surface area contributed by atoms with Gasteiger partial charge < -0.3 is 10.6 Å². The number of carbonyl (C=O) groups excluding carboxylic acids is 1. The van der Waals surface area contributed by atoms with Gasteiger partial charge in [0.15, 0.2) is 5.82 Å². The van der Waals surface area contributed by atoms with Crippen molar-refractivity contribution in [3.05, 3.63) is 42.5 Å². The summed E-state index contributed by atoms with van der Waals surface area (Å²) in [6, 6.07) is 0. The van der Waals surface area contributed by atoms with Crippen molar-refractivity contribution >= 4 is 23.4 Å². The molecule has 116 valence electrons. The topological polar surface area (TPSA) is 91.6 Å². The number of amidine groups is 2. The minimum atomic E-state index is -0.404. The van der Waals surface area contributed by atoms with Gasteiger partial charge in [-0.1, -0.05) is 0 Å². The number of amides is 1. The van der Waals surface area contributed by atoms with Gasteiger partial charge >= 0.3 is 0 Å². The maximum Gasteiger partial charge on any atom is 0.239 e. The SMILES string of the molecule is CC1(N=C2NC(=Nc3cnccn3)C=C3C=CNC(=O)C32)CC1. The summed E-state index contributed by atoms with van der Waals surface area (Å²) >= 11 is 0. The predicted octanol–water partition coefficient (Wildman–Crippen LogP) is 1.25. The van der Waals surface area contributed by atoms with Gasteiger partial charge in [-0.15, -0.1) is 0 Å². The monoisotopic (exact) mass is 308 g/mol. The Morgan fingerprint density at radius 2 is 2.22 bits per heavy atom. The second-order valence-electron chi connectivity index (χ2n) is 6.10. The molecule has 1 unspecified atom stereocenters. The molecule has 23 heavy (non-hydrogen) atoms. The Hall–Kier alpha value is -2.83. The molecule has 4 rings (SSSR count). The molecule has 1 aromatic rings. The first-order chi connectivity index (χ1) is 11.1. The first-order valence-corrected chi connectivity index (χ1v) is 7.53. The van der Waals surface area contributed by atoms with Gasteiger partial charge in [0.2, 0.25) is 5.91 Å². The van der Waals surface area contributed by atoms with E-state index < -0.39 is 5.92 Å². The molecule has 1 atom stereocenters. The number of fused-ring (bicyclic) bond motifs is 1. The zero-order valence-corrected chi connectivity index (χ0v) is 12.7. The molecule has 0 radical (unpaired) electrons.